The summed E-state index contributed by atoms with van der Waals surface area (Å²) in [4.78, 5) is 0. The second-order valence-electron chi connectivity index (χ2n) is 7.24. The van der Waals surface area contributed by atoms with E-state index in [4.69, 9.17) is 16.3 Å². The van der Waals surface area contributed by atoms with Crippen LogP contribution in [0.4, 0.5) is 13.2 Å². The van der Waals surface area contributed by atoms with Crippen molar-refractivity contribution in [1.82, 2.24) is 0 Å². The number of pyridine rings is 1. The van der Waals surface area contributed by atoms with Crippen LogP contribution in [0.5, 0.6) is 0 Å². The number of nitrogens with zero attached hydrogens (tertiary/aromatic N) is 1. The minimum absolute atomic E-state index is 0.105. The Morgan fingerprint density at radius 1 is 1.14 bits per heavy atom. The number of fused-ring (bicyclic) bond motifs is 2. The number of hydrogen-bond acceptors (Lipinski definition) is 2. The van der Waals surface area contributed by atoms with Crippen molar-refractivity contribution in [3.63, 3.8) is 0 Å². The SMILES string of the molecule is CCOC1CC(c2ccc(C(F)(F)F)cc2)Cc2c1cc1cc(Cl)ccc1[n+]2[O-]. The molecule has 0 bridgehead atoms. The largest absolute Gasteiger partial charge is 0.618 e. The first-order valence-electron chi connectivity index (χ1n) is 9.41. The van der Waals surface area contributed by atoms with Crippen molar-refractivity contribution < 1.29 is 22.6 Å². The maximum absolute atomic E-state index is 13.1. The van der Waals surface area contributed by atoms with Crippen LogP contribution >= 0.6 is 11.6 Å². The molecule has 0 spiro atoms. The van der Waals surface area contributed by atoms with Crippen LogP contribution in [0.25, 0.3) is 10.9 Å². The van der Waals surface area contributed by atoms with E-state index in [2.05, 4.69) is 0 Å². The molecule has 152 valence electrons. The minimum Gasteiger partial charge on any atom is -0.618 e. The number of ether oxygens (including phenoxy) is 1. The second-order valence-corrected chi connectivity index (χ2v) is 7.68. The van der Waals surface area contributed by atoms with Gasteiger partial charge in [-0.15, -0.1) is 0 Å². The lowest BCUT2D eigenvalue weighted by molar-refractivity contribution is -0.587. The van der Waals surface area contributed by atoms with Gasteiger partial charge in [-0.2, -0.15) is 17.9 Å². The first-order chi connectivity index (χ1) is 13.8. The predicted molar refractivity (Wildman–Crippen MR) is 105 cm³/mol. The third-order valence-electron chi connectivity index (χ3n) is 5.46. The Morgan fingerprint density at radius 3 is 2.52 bits per heavy atom. The lowest BCUT2D eigenvalue weighted by Gasteiger charge is -2.30. The predicted octanol–water partition coefficient (Wildman–Crippen LogP) is 5.95. The van der Waals surface area contributed by atoms with Crippen molar-refractivity contribution in [2.75, 3.05) is 6.61 Å². The molecule has 0 N–H and O–H groups in total. The highest BCUT2D eigenvalue weighted by atomic mass is 35.5. The maximum atomic E-state index is 13.1. The van der Waals surface area contributed by atoms with Gasteiger partial charge < -0.3 is 9.94 Å². The molecule has 2 aromatic carbocycles. The van der Waals surface area contributed by atoms with Crippen LogP contribution in [0.15, 0.2) is 48.5 Å². The summed E-state index contributed by atoms with van der Waals surface area (Å²) in [5.74, 6) is -0.105. The molecule has 0 fully saturated rings. The molecular formula is C22H19ClF3NO2. The van der Waals surface area contributed by atoms with Gasteiger partial charge in [-0.05, 0) is 55.2 Å². The van der Waals surface area contributed by atoms with Gasteiger partial charge >= 0.3 is 6.18 Å². The number of hydrogen-bond donors (Lipinski definition) is 0. The van der Waals surface area contributed by atoms with Gasteiger partial charge in [-0.1, -0.05) is 23.7 Å². The molecule has 0 aliphatic heterocycles. The standard InChI is InChI=1S/C22H19ClF3NO2/c1-2-29-21-12-14(13-3-5-16(6-4-13)22(24,25)26)11-20-18(21)10-15-9-17(23)7-8-19(15)27(20)28/h3-10,14,21H,2,11-12H2,1H3. The highest BCUT2D eigenvalue weighted by molar-refractivity contribution is 6.31. The molecular weight excluding hydrogens is 403 g/mol. The fourth-order valence-electron chi connectivity index (χ4n) is 4.08. The van der Waals surface area contributed by atoms with Gasteiger partial charge in [0.1, 0.15) is 0 Å². The molecule has 1 heterocycles. The van der Waals surface area contributed by atoms with E-state index in [1.54, 1.807) is 18.2 Å². The van der Waals surface area contributed by atoms with E-state index < -0.39 is 11.7 Å². The van der Waals surface area contributed by atoms with Gasteiger partial charge in [-0.25, -0.2) is 0 Å². The topological polar surface area (TPSA) is 36.2 Å². The Balaban J connectivity index is 1.76. The molecule has 0 saturated heterocycles. The fraction of sp³-hybridized carbons (Fsp3) is 0.318. The van der Waals surface area contributed by atoms with Gasteiger partial charge in [0.25, 0.3) is 0 Å². The van der Waals surface area contributed by atoms with Crippen molar-refractivity contribution in [3.05, 3.63) is 81.1 Å². The van der Waals surface area contributed by atoms with Crippen molar-refractivity contribution in [1.29, 1.82) is 0 Å². The number of alkyl halides is 3. The molecule has 7 heteroatoms. The zero-order valence-corrected chi connectivity index (χ0v) is 16.4. The normalized spacial score (nSPS) is 19.3. The highest BCUT2D eigenvalue weighted by Gasteiger charge is 2.35. The Hall–Kier alpha value is -2.31. The van der Waals surface area contributed by atoms with Crippen molar-refractivity contribution >= 4 is 22.5 Å². The van der Waals surface area contributed by atoms with E-state index in [1.165, 1.54) is 12.1 Å². The zero-order valence-electron chi connectivity index (χ0n) is 15.7. The van der Waals surface area contributed by atoms with Crippen molar-refractivity contribution in [2.45, 2.75) is 38.0 Å². The molecule has 4 rings (SSSR count). The Bertz CT molecular complexity index is 1050. The molecule has 0 radical (unpaired) electrons. The maximum Gasteiger partial charge on any atom is 0.416 e. The smallest absolute Gasteiger partial charge is 0.416 e. The quantitative estimate of drug-likeness (QED) is 0.387. The van der Waals surface area contributed by atoms with Gasteiger partial charge in [-0.3, -0.25) is 0 Å². The molecule has 1 aliphatic rings. The van der Waals surface area contributed by atoms with Gasteiger partial charge in [0.15, 0.2) is 5.69 Å². The summed E-state index contributed by atoms with van der Waals surface area (Å²) in [5, 5.41) is 14.4. The summed E-state index contributed by atoms with van der Waals surface area (Å²) in [6.45, 7) is 2.35. The van der Waals surface area contributed by atoms with E-state index in [9.17, 15) is 18.4 Å². The summed E-state index contributed by atoms with van der Waals surface area (Å²) in [7, 11) is 0. The van der Waals surface area contributed by atoms with E-state index >= 15 is 0 Å². The third kappa shape index (κ3) is 3.79. The molecule has 1 aliphatic carbocycles. The third-order valence-corrected chi connectivity index (χ3v) is 5.70. The number of benzene rings is 2. The molecule has 3 aromatic rings. The molecule has 3 nitrogen and oxygen atoms in total. The zero-order chi connectivity index (χ0) is 20.8. The average Bonchev–Trinajstić information content (AvgIpc) is 2.68. The first kappa shape index (κ1) is 20.0. The second kappa shape index (κ2) is 7.50. The van der Waals surface area contributed by atoms with Crippen LogP contribution in [0.2, 0.25) is 5.02 Å². The average molecular weight is 422 g/mol. The summed E-state index contributed by atoms with van der Waals surface area (Å²) >= 11 is 6.08. The first-order valence-corrected chi connectivity index (χ1v) is 9.79. The van der Waals surface area contributed by atoms with E-state index in [0.29, 0.717) is 35.7 Å². The summed E-state index contributed by atoms with van der Waals surface area (Å²) in [5.41, 5.74) is 2.01. The lowest BCUT2D eigenvalue weighted by atomic mass is 9.80. The van der Waals surface area contributed by atoms with Crippen LogP contribution in [0, 0.1) is 5.21 Å². The summed E-state index contributed by atoms with van der Waals surface area (Å²) in [6.07, 6.45) is -3.64. The Morgan fingerprint density at radius 2 is 1.86 bits per heavy atom. The number of rotatable bonds is 3. The molecule has 0 saturated carbocycles. The number of halogens is 4. The van der Waals surface area contributed by atoms with Gasteiger partial charge in [0.2, 0.25) is 5.52 Å². The molecule has 2 atom stereocenters. The van der Waals surface area contributed by atoms with E-state index in [1.807, 2.05) is 13.0 Å². The fourth-order valence-corrected chi connectivity index (χ4v) is 4.26. The van der Waals surface area contributed by atoms with Gasteiger partial charge in [0, 0.05) is 35.1 Å². The Labute approximate surface area is 171 Å². The monoisotopic (exact) mass is 421 g/mol. The molecule has 1 aromatic heterocycles. The minimum atomic E-state index is -4.37. The van der Waals surface area contributed by atoms with Crippen LogP contribution in [0.3, 0.4) is 0 Å². The van der Waals surface area contributed by atoms with Crippen LogP contribution < -0.4 is 4.73 Å². The van der Waals surface area contributed by atoms with Crippen LogP contribution in [0.1, 0.15) is 47.8 Å². The molecule has 0 amide bonds. The lowest BCUT2D eigenvalue weighted by Crippen LogP contribution is -2.38. The van der Waals surface area contributed by atoms with Crippen LogP contribution in [-0.4, -0.2) is 6.61 Å². The molecule has 29 heavy (non-hydrogen) atoms. The number of aromatic nitrogens is 1. The van der Waals surface area contributed by atoms with E-state index in [-0.39, 0.29) is 12.0 Å². The van der Waals surface area contributed by atoms with Crippen molar-refractivity contribution in [3.8, 4) is 0 Å². The van der Waals surface area contributed by atoms with E-state index in [0.717, 1.165) is 33.4 Å². The van der Waals surface area contributed by atoms with Crippen LogP contribution in [-0.2, 0) is 17.3 Å². The highest BCUT2D eigenvalue weighted by Crippen LogP contribution is 2.41. The Kier molecular flexibility index (Phi) is 5.17. The molecule has 2 unspecified atom stereocenters. The summed E-state index contributed by atoms with van der Waals surface area (Å²) in [6, 6.07) is 12.2. The van der Waals surface area contributed by atoms with Gasteiger partial charge in [0.05, 0.1) is 11.7 Å². The van der Waals surface area contributed by atoms with Crippen molar-refractivity contribution in [2.24, 2.45) is 0 Å². The summed E-state index contributed by atoms with van der Waals surface area (Å²) < 4.78 is 45.4.